The third-order valence-corrected chi connectivity index (χ3v) is 12.9. The van der Waals surface area contributed by atoms with Crippen molar-refractivity contribution in [3.05, 3.63) is 247 Å². The third kappa shape index (κ3) is 14.3. The Bertz CT molecular complexity index is 4460. The van der Waals surface area contributed by atoms with Crippen molar-refractivity contribution in [3.8, 4) is 23.0 Å². The van der Waals surface area contributed by atoms with Crippen LogP contribution in [0.5, 0.6) is 23.0 Å². The van der Waals surface area contributed by atoms with E-state index in [2.05, 4.69) is 40.9 Å². The van der Waals surface area contributed by atoms with E-state index in [1.54, 1.807) is 6.92 Å². The predicted octanol–water partition coefficient (Wildman–Crippen LogP) is 14.8. The van der Waals surface area contributed by atoms with Crippen molar-refractivity contribution in [1.82, 2.24) is 0 Å². The molecule has 0 aliphatic rings. The van der Waals surface area contributed by atoms with Gasteiger partial charge in [0.25, 0.3) is 0 Å². The Morgan fingerprint density at radius 2 is 0.472 bits per heavy atom. The zero-order chi connectivity index (χ0) is 64.5. The Balaban J connectivity index is 1.25. The van der Waals surface area contributed by atoms with Crippen LogP contribution in [0.15, 0.2) is 168 Å². The highest BCUT2D eigenvalue weighted by Gasteiger charge is 2.28. The van der Waals surface area contributed by atoms with Crippen LogP contribution in [0.4, 0.5) is 91.0 Å². The molecule has 36 heteroatoms. The zero-order valence-corrected chi connectivity index (χ0v) is 44.9. The van der Waals surface area contributed by atoms with Gasteiger partial charge >= 0.3 is 45.5 Å². The predicted molar refractivity (Wildman–Crippen MR) is 306 cm³/mol. The Morgan fingerprint density at radius 1 is 0.270 bits per heavy atom. The molecule has 0 radical (unpaired) electrons. The minimum absolute atomic E-state index is 0.0161. The number of phenols is 4. The number of benzene rings is 8. The highest BCUT2D eigenvalue weighted by molar-refractivity contribution is 5.66. The molecule has 0 heterocycles. The normalized spacial score (nSPS) is 11.4. The van der Waals surface area contributed by atoms with Crippen molar-refractivity contribution in [2.24, 2.45) is 40.9 Å². The molecule has 8 aromatic carbocycles. The lowest BCUT2D eigenvalue weighted by Gasteiger charge is -2.16. The summed E-state index contributed by atoms with van der Waals surface area (Å²) in [5.74, 6) is -1.72. The lowest BCUT2D eigenvalue weighted by atomic mass is 9.93. The molecule has 0 atom stereocenters. The van der Waals surface area contributed by atoms with Gasteiger partial charge < -0.3 is 20.4 Å². The van der Waals surface area contributed by atoms with Gasteiger partial charge in [0.2, 0.25) is 0 Å². The standard InChI is InChI=1S/C53H36N16O20/c1-2-27-16-39(59-56-36-4-9-43(63(76)77)47(24-36)67(84)85)19-30(51(27)71)14-31-20-41(61-58-38-6-11-45(65(80)81)49(26-38)69(88)89)22-33(53(31)73)15-32-21-40(60-57-37-5-10-44(64(78)79)48(25-37)68(86)87)18-29(52(32)72)13-28-17-34(7-12-50(28)70)54-55-35-3-8-42(62(74)75)46(23-35)66(82)83/h3-12,16-26,70-73H,2,13-15H2,1H3. The maximum Gasteiger partial charge on any atom is 0.348 e. The maximum absolute atomic E-state index is 12.2. The van der Waals surface area contributed by atoms with Crippen LogP contribution in [-0.4, -0.2) is 59.8 Å². The number of hydrogen-bond donors (Lipinski definition) is 4. The third-order valence-electron chi connectivity index (χ3n) is 12.9. The number of nitro groups is 8. The fraction of sp³-hybridized carbons (Fsp3) is 0.0943. The SMILES string of the molecule is CCc1cc(N=Nc2ccc([N+](=O)[O-])c([N+](=O)[O-])c2)cc(Cc2cc(N=Nc3ccc([N+](=O)[O-])c([N+](=O)[O-])c3)cc(Cc3cc(N=Nc4ccc([N+](=O)[O-])c([N+](=O)[O-])c4)cc(Cc4cc(N=Nc5ccc([N+](=O)[O-])c([N+](=O)[O-])c5)ccc4O)c3O)c2O)c1O. The van der Waals surface area contributed by atoms with E-state index in [0.29, 0.717) is 0 Å². The zero-order valence-electron chi connectivity index (χ0n) is 44.9. The van der Waals surface area contributed by atoms with E-state index in [1.165, 1.54) is 54.6 Å². The van der Waals surface area contributed by atoms with Crippen LogP contribution in [0, 0.1) is 80.9 Å². The fourth-order valence-corrected chi connectivity index (χ4v) is 8.69. The Hall–Kier alpha value is -13.4. The van der Waals surface area contributed by atoms with Gasteiger partial charge in [0.15, 0.2) is 0 Å². The molecule has 0 aromatic heterocycles. The molecule has 0 bridgehead atoms. The van der Waals surface area contributed by atoms with E-state index in [4.69, 9.17) is 0 Å². The van der Waals surface area contributed by atoms with Crippen LogP contribution in [0.25, 0.3) is 0 Å². The highest BCUT2D eigenvalue weighted by atomic mass is 16.7. The minimum Gasteiger partial charge on any atom is -0.508 e. The second-order valence-corrected chi connectivity index (χ2v) is 18.6. The number of hydrogen-bond acceptors (Lipinski definition) is 28. The number of nitrogens with zero attached hydrogens (tertiary/aromatic N) is 16. The summed E-state index contributed by atoms with van der Waals surface area (Å²) in [5.41, 5.74) is -7.76. The van der Waals surface area contributed by atoms with Crippen LogP contribution in [-0.2, 0) is 25.7 Å². The molecular weight excluding hydrogens is 1180 g/mol. The summed E-state index contributed by atoms with van der Waals surface area (Å²) in [5, 5.41) is 172. The van der Waals surface area contributed by atoms with Gasteiger partial charge in [-0.25, -0.2) is 0 Å². The number of rotatable bonds is 23. The van der Waals surface area contributed by atoms with Gasteiger partial charge in [-0.05, 0) is 90.8 Å². The van der Waals surface area contributed by atoms with Crippen molar-refractivity contribution in [2.45, 2.75) is 32.6 Å². The van der Waals surface area contributed by atoms with Crippen LogP contribution >= 0.6 is 0 Å². The van der Waals surface area contributed by atoms with Gasteiger partial charge in [0.05, 0.1) is 109 Å². The Kier molecular flexibility index (Phi) is 18.0. The van der Waals surface area contributed by atoms with Gasteiger partial charge in [0, 0.05) is 76.9 Å². The summed E-state index contributed by atoms with van der Waals surface area (Å²) in [4.78, 5) is 84.9. The number of nitro benzene ring substituents is 8. The van der Waals surface area contributed by atoms with Crippen molar-refractivity contribution >= 4 is 91.0 Å². The average molecular weight is 1220 g/mol. The van der Waals surface area contributed by atoms with E-state index in [0.717, 1.165) is 72.8 Å². The largest absolute Gasteiger partial charge is 0.508 e. The molecule has 0 saturated heterocycles. The lowest BCUT2D eigenvalue weighted by molar-refractivity contribution is -0.422. The van der Waals surface area contributed by atoms with Crippen molar-refractivity contribution in [3.63, 3.8) is 0 Å². The summed E-state index contributed by atoms with van der Waals surface area (Å²) in [7, 11) is 0. The number of phenolic OH excluding ortho intramolecular Hbond substituents is 4. The summed E-state index contributed by atoms with van der Waals surface area (Å²) in [6.45, 7) is 1.67. The van der Waals surface area contributed by atoms with Gasteiger partial charge in [-0.1, -0.05) is 6.92 Å². The first-order valence-electron chi connectivity index (χ1n) is 25.0. The van der Waals surface area contributed by atoms with Crippen LogP contribution < -0.4 is 0 Å². The molecule has 36 nitrogen and oxygen atoms in total. The molecule has 0 unspecified atom stereocenters. The van der Waals surface area contributed by atoms with Crippen LogP contribution in [0.3, 0.4) is 0 Å². The molecule has 8 rings (SSSR count). The van der Waals surface area contributed by atoms with Crippen molar-refractivity contribution in [2.75, 3.05) is 0 Å². The number of azo groups is 4. The van der Waals surface area contributed by atoms with E-state index in [9.17, 15) is 101 Å². The number of aryl methyl sites for hydroxylation is 1. The average Bonchev–Trinajstić information content (AvgIpc) is 3.22. The Morgan fingerprint density at radius 3 is 0.730 bits per heavy atom. The molecule has 0 fully saturated rings. The van der Waals surface area contributed by atoms with Gasteiger partial charge in [-0.3, -0.25) is 80.9 Å². The van der Waals surface area contributed by atoms with Crippen LogP contribution in [0.2, 0.25) is 0 Å². The second kappa shape index (κ2) is 26.0. The van der Waals surface area contributed by atoms with Crippen molar-refractivity contribution < 1.29 is 59.8 Å². The quantitative estimate of drug-likeness (QED) is 0.0262. The van der Waals surface area contributed by atoms with Crippen molar-refractivity contribution in [1.29, 1.82) is 0 Å². The smallest absolute Gasteiger partial charge is 0.348 e. The first-order chi connectivity index (χ1) is 42.3. The van der Waals surface area contributed by atoms with Crippen LogP contribution in [0.1, 0.15) is 45.9 Å². The second-order valence-electron chi connectivity index (χ2n) is 18.6. The molecule has 89 heavy (non-hydrogen) atoms. The molecule has 8 aromatic rings. The molecule has 448 valence electrons. The maximum atomic E-state index is 12.2. The first kappa shape index (κ1) is 61.6. The van der Waals surface area contributed by atoms with E-state index >= 15 is 0 Å². The van der Waals surface area contributed by atoms with Gasteiger partial charge in [-0.2, -0.15) is 40.9 Å². The summed E-state index contributed by atoms with van der Waals surface area (Å²) >= 11 is 0. The lowest BCUT2D eigenvalue weighted by Crippen LogP contribution is -1.99. The summed E-state index contributed by atoms with van der Waals surface area (Å²) < 4.78 is 0. The van der Waals surface area contributed by atoms with Gasteiger partial charge in [0.1, 0.15) is 23.0 Å². The molecule has 0 spiro atoms. The van der Waals surface area contributed by atoms with Gasteiger partial charge in [-0.15, -0.1) is 0 Å². The first-order valence-corrected chi connectivity index (χ1v) is 25.0. The minimum atomic E-state index is -1.01. The molecule has 0 aliphatic heterocycles. The van der Waals surface area contributed by atoms with E-state index in [-0.39, 0.29) is 115 Å². The van der Waals surface area contributed by atoms with E-state index in [1.807, 2.05) is 0 Å². The summed E-state index contributed by atoms with van der Waals surface area (Å²) in [6, 6.07) is 22.5. The monoisotopic (exact) mass is 1220 g/mol. The highest BCUT2D eigenvalue weighted by Crippen LogP contribution is 2.43. The fourth-order valence-electron chi connectivity index (χ4n) is 8.69. The molecule has 0 saturated carbocycles. The number of aromatic hydroxyl groups is 4. The molecular formula is C53H36N16O20. The molecule has 0 amide bonds. The Labute approximate surface area is 493 Å². The molecule has 0 aliphatic carbocycles. The summed E-state index contributed by atoms with van der Waals surface area (Å²) in [6.07, 6.45) is -1.07. The van der Waals surface area contributed by atoms with E-state index < -0.39 is 103 Å². The molecule has 4 N–H and O–H groups in total. The topological polar surface area (TPSA) is 525 Å².